The van der Waals surface area contributed by atoms with Gasteiger partial charge in [0.05, 0.1) is 0 Å². The van der Waals surface area contributed by atoms with Gasteiger partial charge in [0, 0.05) is 20.8 Å². The summed E-state index contributed by atoms with van der Waals surface area (Å²) in [5, 5.41) is 9.76. The maximum atomic E-state index is 13.0. The Morgan fingerprint density at radius 2 is 1.38 bits per heavy atom. The minimum atomic E-state index is -1.72. The van der Waals surface area contributed by atoms with Crippen molar-refractivity contribution in [1.29, 1.82) is 0 Å². The molecular weight excluding hydrogens is 291 g/mol. The number of hydrogen-bond donors (Lipinski definition) is 1. The standard InChI is InChI=1S/C12H17FO8/c1-5(14)18-9-8(4-13)21-12(17)11(20-7(3)16)10(9)19-6(2)15/h8-12,17H,4H2,1-3H3/t8-,9+,10+,11-,12?/m0/s1. The van der Waals surface area contributed by atoms with Gasteiger partial charge in [-0.1, -0.05) is 0 Å². The molecule has 21 heavy (non-hydrogen) atoms. The first kappa shape index (κ1) is 17.3. The molecule has 1 aliphatic rings. The zero-order valence-electron chi connectivity index (χ0n) is 11.8. The minimum absolute atomic E-state index is 0.767. The Hall–Kier alpha value is -1.74. The summed E-state index contributed by atoms with van der Waals surface area (Å²) >= 11 is 0. The highest BCUT2D eigenvalue weighted by atomic mass is 19.1. The molecule has 0 aliphatic carbocycles. The van der Waals surface area contributed by atoms with Gasteiger partial charge in [-0.15, -0.1) is 0 Å². The van der Waals surface area contributed by atoms with Gasteiger partial charge in [0.1, 0.15) is 12.8 Å². The SMILES string of the molecule is CC(=O)O[C@@H]1[C@H](OC(C)=O)[C@H](CF)OC(O)[C@H]1OC(C)=O. The molecule has 0 aromatic carbocycles. The topological polar surface area (TPSA) is 108 Å². The number of carbonyl (C=O) groups excluding carboxylic acids is 3. The molecule has 0 aromatic heterocycles. The van der Waals surface area contributed by atoms with Crippen molar-refractivity contribution in [2.24, 2.45) is 0 Å². The van der Waals surface area contributed by atoms with E-state index < -0.39 is 55.3 Å². The van der Waals surface area contributed by atoms with E-state index in [1.165, 1.54) is 0 Å². The molecule has 1 heterocycles. The summed E-state index contributed by atoms with van der Waals surface area (Å²) in [4.78, 5) is 33.3. The van der Waals surface area contributed by atoms with Crippen LogP contribution in [-0.4, -0.2) is 60.4 Å². The Labute approximate surface area is 120 Å². The Bertz CT molecular complexity index is 412. The first-order valence-corrected chi connectivity index (χ1v) is 6.17. The highest BCUT2D eigenvalue weighted by Crippen LogP contribution is 2.28. The van der Waals surface area contributed by atoms with Gasteiger partial charge in [0.15, 0.2) is 24.6 Å². The van der Waals surface area contributed by atoms with Crippen molar-refractivity contribution in [2.45, 2.75) is 51.5 Å². The van der Waals surface area contributed by atoms with Gasteiger partial charge in [-0.3, -0.25) is 14.4 Å². The van der Waals surface area contributed by atoms with Crippen LogP contribution in [0.1, 0.15) is 20.8 Å². The third-order valence-corrected chi connectivity index (χ3v) is 2.67. The van der Waals surface area contributed by atoms with Crippen LogP contribution in [0.25, 0.3) is 0 Å². The molecule has 8 nitrogen and oxygen atoms in total. The van der Waals surface area contributed by atoms with Crippen molar-refractivity contribution >= 4 is 17.9 Å². The molecule has 0 amide bonds. The number of aliphatic hydroxyl groups is 1. The molecule has 1 fully saturated rings. The molecule has 120 valence electrons. The normalized spacial score (nSPS) is 32.1. The van der Waals surface area contributed by atoms with Gasteiger partial charge < -0.3 is 24.1 Å². The fourth-order valence-electron chi connectivity index (χ4n) is 2.00. The fraction of sp³-hybridized carbons (Fsp3) is 0.750. The number of esters is 3. The smallest absolute Gasteiger partial charge is 0.303 e. The lowest BCUT2D eigenvalue weighted by Crippen LogP contribution is -2.61. The van der Waals surface area contributed by atoms with Crippen LogP contribution in [0.2, 0.25) is 0 Å². The van der Waals surface area contributed by atoms with Crippen molar-refractivity contribution in [3.63, 3.8) is 0 Å². The van der Waals surface area contributed by atoms with Gasteiger partial charge in [0.25, 0.3) is 0 Å². The molecule has 1 N–H and O–H groups in total. The summed E-state index contributed by atoms with van der Waals surface area (Å²) in [5.41, 5.74) is 0. The van der Waals surface area contributed by atoms with Crippen LogP contribution in [0.3, 0.4) is 0 Å². The summed E-state index contributed by atoms with van der Waals surface area (Å²) in [6.45, 7) is 2.12. The van der Waals surface area contributed by atoms with E-state index in [-0.39, 0.29) is 0 Å². The predicted molar refractivity (Wildman–Crippen MR) is 63.5 cm³/mol. The van der Waals surface area contributed by atoms with E-state index >= 15 is 0 Å². The predicted octanol–water partition coefficient (Wildman–Crippen LogP) is -0.532. The second-order valence-corrected chi connectivity index (χ2v) is 4.44. The molecule has 0 spiro atoms. The average molecular weight is 308 g/mol. The summed E-state index contributed by atoms with van der Waals surface area (Å²) in [7, 11) is 0. The van der Waals surface area contributed by atoms with Crippen LogP contribution in [0.5, 0.6) is 0 Å². The van der Waals surface area contributed by atoms with Gasteiger partial charge in [-0.2, -0.15) is 0 Å². The second-order valence-electron chi connectivity index (χ2n) is 4.44. The monoisotopic (exact) mass is 308 g/mol. The van der Waals surface area contributed by atoms with Crippen molar-refractivity contribution in [3.8, 4) is 0 Å². The number of halogens is 1. The summed E-state index contributed by atoms with van der Waals surface area (Å²) < 4.78 is 32.5. The second kappa shape index (κ2) is 7.32. The van der Waals surface area contributed by atoms with Crippen LogP contribution < -0.4 is 0 Å². The van der Waals surface area contributed by atoms with Crippen LogP contribution in [0.15, 0.2) is 0 Å². The molecule has 1 aliphatic heterocycles. The zero-order chi connectivity index (χ0) is 16.2. The van der Waals surface area contributed by atoms with E-state index in [2.05, 4.69) is 0 Å². The molecule has 0 bridgehead atoms. The zero-order valence-corrected chi connectivity index (χ0v) is 11.8. The molecule has 1 rings (SSSR count). The third-order valence-electron chi connectivity index (χ3n) is 2.67. The Morgan fingerprint density at radius 1 is 0.952 bits per heavy atom. The molecule has 0 saturated carbocycles. The van der Waals surface area contributed by atoms with Gasteiger partial charge in [-0.25, -0.2) is 4.39 Å². The molecule has 1 unspecified atom stereocenters. The number of ether oxygens (including phenoxy) is 4. The summed E-state index contributed by atoms with van der Waals surface area (Å²) in [5.74, 6) is -2.32. The van der Waals surface area contributed by atoms with E-state index in [4.69, 9.17) is 18.9 Å². The summed E-state index contributed by atoms with van der Waals surface area (Å²) in [6.07, 6.45) is -7.21. The lowest BCUT2D eigenvalue weighted by molar-refractivity contribution is -0.292. The highest BCUT2D eigenvalue weighted by Gasteiger charge is 2.51. The molecule has 0 aromatic rings. The molecule has 9 heteroatoms. The lowest BCUT2D eigenvalue weighted by atomic mass is 9.98. The molecular formula is C12H17FO8. The van der Waals surface area contributed by atoms with E-state index in [0.717, 1.165) is 20.8 Å². The van der Waals surface area contributed by atoms with E-state index in [0.29, 0.717) is 0 Å². The highest BCUT2D eigenvalue weighted by molar-refractivity contribution is 5.68. The molecule has 5 atom stereocenters. The maximum Gasteiger partial charge on any atom is 0.303 e. The third kappa shape index (κ3) is 4.64. The summed E-state index contributed by atoms with van der Waals surface area (Å²) in [6, 6.07) is 0. The molecule has 0 radical (unpaired) electrons. The van der Waals surface area contributed by atoms with Crippen LogP contribution >= 0.6 is 0 Å². The van der Waals surface area contributed by atoms with Crippen molar-refractivity contribution in [3.05, 3.63) is 0 Å². The Morgan fingerprint density at radius 3 is 1.81 bits per heavy atom. The maximum absolute atomic E-state index is 13.0. The van der Waals surface area contributed by atoms with Crippen molar-refractivity contribution in [2.75, 3.05) is 6.67 Å². The van der Waals surface area contributed by atoms with Crippen molar-refractivity contribution < 1.29 is 42.8 Å². The number of alkyl halides is 1. The number of rotatable bonds is 4. The minimum Gasteiger partial charge on any atom is -0.456 e. The molecule has 1 saturated heterocycles. The van der Waals surface area contributed by atoms with E-state index in [9.17, 15) is 23.9 Å². The van der Waals surface area contributed by atoms with Gasteiger partial charge in [-0.05, 0) is 0 Å². The fourth-order valence-corrected chi connectivity index (χ4v) is 2.00. The lowest BCUT2D eigenvalue weighted by Gasteiger charge is -2.42. The first-order chi connectivity index (χ1) is 9.76. The van der Waals surface area contributed by atoms with E-state index in [1.54, 1.807) is 0 Å². The average Bonchev–Trinajstić information content (AvgIpc) is 2.35. The number of hydrogen-bond acceptors (Lipinski definition) is 8. The Balaban J connectivity index is 3.08. The van der Waals surface area contributed by atoms with Crippen molar-refractivity contribution in [1.82, 2.24) is 0 Å². The largest absolute Gasteiger partial charge is 0.456 e. The van der Waals surface area contributed by atoms with Gasteiger partial charge in [0.2, 0.25) is 0 Å². The van der Waals surface area contributed by atoms with Crippen LogP contribution in [0.4, 0.5) is 4.39 Å². The Kier molecular flexibility index (Phi) is 6.03. The van der Waals surface area contributed by atoms with E-state index in [1.807, 2.05) is 0 Å². The number of aliphatic hydroxyl groups excluding tert-OH is 1. The first-order valence-electron chi connectivity index (χ1n) is 6.17. The van der Waals surface area contributed by atoms with Crippen LogP contribution in [-0.2, 0) is 33.3 Å². The van der Waals surface area contributed by atoms with Gasteiger partial charge >= 0.3 is 17.9 Å². The quantitative estimate of drug-likeness (QED) is 0.545. The number of carbonyl (C=O) groups is 3. The van der Waals surface area contributed by atoms with Crippen LogP contribution in [0, 0.1) is 0 Å².